The van der Waals surface area contributed by atoms with E-state index in [0.29, 0.717) is 6.42 Å². The smallest absolute Gasteiger partial charge is 0.224 e. The van der Waals surface area contributed by atoms with Crippen LogP contribution >= 0.6 is 0 Å². The van der Waals surface area contributed by atoms with Crippen molar-refractivity contribution in [3.05, 3.63) is 54.4 Å². The highest BCUT2D eigenvalue weighted by molar-refractivity contribution is 5.83. The first-order valence-corrected chi connectivity index (χ1v) is 7.02. The number of rotatable bonds is 4. The van der Waals surface area contributed by atoms with E-state index in [4.69, 9.17) is 5.73 Å². The number of nitrogens with zero attached hydrogens (tertiary/aromatic N) is 1. The molecule has 106 valence electrons. The van der Waals surface area contributed by atoms with Gasteiger partial charge < -0.3 is 10.7 Å². The van der Waals surface area contributed by atoms with Gasteiger partial charge >= 0.3 is 0 Å². The van der Waals surface area contributed by atoms with Gasteiger partial charge in [-0.1, -0.05) is 31.2 Å². The van der Waals surface area contributed by atoms with Gasteiger partial charge in [-0.25, -0.2) is 0 Å². The molecule has 1 unspecified atom stereocenters. The van der Waals surface area contributed by atoms with Gasteiger partial charge in [-0.2, -0.15) is 0 Å². The van der Waals surface area contributed by atoms with Gasteiger partial charge in [-0.15, -0.1) is 0 Å². The Morgan fingerprint density at radius 3 is 2.67 bits per heavy atom. The highest BCUT2D eigenvalue weighted by Crippen LogP contribution is 2.25. The third kappa shape index (κ3) is 2.52. The van der Waals surface area contributed by atoms with Gasteiger partial charge in [-0.05, 0) is 29.7 Å². The molecule has 0 spiro atoms. The summed E-state index contributed by atoms with van der Waals surface area (Å²) in [6, 6.07) is 12.0. The van der Waals surface area contributed by atoms with Crippen molar-refractivity contribution in [3.63, 3.8) is 0 Å². The first kappa shape index (κ1) is 13.4. The van der Waals surface area contributed by atoms with E-state index in [9.17, 15) is 4.79 Å². The number of carbonyl (C=O) groups is 1. The standard InChI is InChI=1S/C17H17N3O/c1-2-14(17(18)21)12-5-3-11(4-6-12)13-9-16-15(20-10-13)7-8-19-16/h3-10,14,19H,2H2,1H3,(H2,18,21). The number of nitrogens with one attached hydrogen (secondary N) is 1. The fraction of sp³-hybridized carbons (Fsp3) is 0.176. The van der Waals surface area contributed by atoms with Crippen molar-refractivity contribution < 1.29 is 4.79 Å². The number of hydrogen-bond donors (Lipinski definition) is 2. The van der Waals surface area contributed by atoms with Crippen LogP contribution in [0.5, 0.6) is 0 Å². The summed E-state index contributed by atoms with van der Waals surface area (Å²) in [5.41, 5.74) is 10.5. The molecule has 21 heavy (non-hydrogen) atoms. The quantitative estimate of drug-likeness (QED) is 0.769. The molecule has 4 nitrogen and oxygen atoms in total. The number of primary amides is 1. The van der Waals surface area contributed by atoms with Crippen LogP contribution in [-0.2, 0) is 4.79 Å². The Morgan fingerprint density at radius 2 is 2.00 bits per heavy atom. The number of H-pyrrole nitrogens is 1. The maximum absolute atomic E-state index is 11.4. The van der Waals surface area contributed by atoms with E-state index in [2.05, 4.69) is 16.0 Å². The van der Waals surface area contributed by atoms with E-state index in [0.717, 1.165) is 27.7 Å². The average Bonchev–Trinajstić information content (AvgIpc) is 2.95. The molecule has 0 saturated carbocycles. The molecule has 0 saturated heterocycles. The Kier molecular flexibility index (Phi) is 3.44. The van der Waals surface area contributed by atoms with Gasteiger partial charge in [0, 0.05) is 18.0 Å². The molecule has 0 aliphatic rings. The molecular weight excluding hydrogens is 262 g/mol. The molecule has 0 aliphatic carbocycles. The van der Waals surface area contributed by atoms with Crippen molar-refractivity contribution >= 4 is 16.9 Å². The number of amides is 1. The maximum Gasteiger partial charge on any atom is 0.224 e. The highest BCUT2D eigenvalue weighted by atomic mass is 16.1. The number of aromatic nitrogens is 2. The molecular formula is C17H17N3O. The van der Waals surface area contributed by atoms with Crippen LogP contribution < -0.4 is 5.73 Å². The summed E-state index contributed by atoms with van der Waals surface area (Å²) in [5, 5.41) is 0. The van der Waals surface area contributed by atoms with Gasteiger partial charge in [-0.3, -0.25) is 9.78 Å². The molecule has 2 aromatic heterocycles. The zero-order valence-electron chi connectivity index (χ0n) is 11.8. The van der Waals surface area contributed by atoms with Gasteiger partial charge in [0.15, 0.2) is 0 Å². The summed E-state index contributed by atoms with van der Waals surface area (Å²) in [4.78, 5) is 19.0. The molecule has 1 atom stereocenters. The Bertz CT molecular complexity index is 774. The second-order valence-corrected chi connectivity index (χ2v) is 5.12. The number of benzene rings is 1. The molecule has 0 radical (unpaired) electrons. The molecule has 0 aliphatic heterocycles. The zero-order chi connectivity index (χ0) is 14.8. The molecule has 0 fully saturated rings. The first-order valence-electron chi connectivity index (χ1n) is 7.02. The lowest BCUT2D eigenvalue weighted by molar-refractivity contribution is -0.119. The average molecular weight is 279 g/mol. The highest BCUT2D eigenvalue weighted by Gasteiger charge is 2.15. The predicted octanol–water partition coefficient (Wildman–Crippen LogP) is 3.21. The third-order valence-electron chi connectivity index (χ3n) is 3.80. The summed E-state index contributed by atoms with van der Waals surface area (Å²) >= 11 is 0. The van der Waals surface area contributed by atoms with Crippen molar-refractivity contribution in [3.8, 4) is 11.1 Å². The second kappa shape index (κ2) is 5.40. The van der Waals surface area contributed by atoms with E-state index in [-0.39, 0.29) is 11.8 Å². The Hall–Kier alpha value is -2.62. The molecule has 2 heterocycles. The van der Waals surface area contributed by atoms with Crippen molar-refractivity contribution in [2.45, 2.75) is 19.3 Å². The van der Waals surface area contributed by atoms with Crippen LogP contribution in [0.15, 0.2) is 48.8 Å². The summed E-state index contributed by atoms with van der Waals surface area (Å²) in [7, 11) is 0. The maximum atomic E-state index is 11.4. The van der Waals surface area contributed by atoms with E-state index in [1.54, 1.807) is 0 Å². The number of aromatic amines is 1. The van der Waals surface area contributed by atoms with Crippen LogP contribution in [0.4, 0.5) is 0 Å². The Balaban J connectivity index is 1.94. The van der Waals surface area contributed by atoms with Crippen molar-refractivity contribution in [1.82, 2.24) is 9.97 Å². The summed E-state index contributed by atoms with van der Waals surface area (Å²) in [5.74, 6) is -0.497. The van der Waals surface area contributed by atoms with Crippen molar-refractivity contribution in [1.29, 1.82) is 0 Å². The van der Waals surface area contributed by atoms with E-state index >= 15 is 0 Å². The molecule has 1 amide bonds. The zero-order valence-corrected chi connectivity index (χ0v) is 11.8. The third-order valence-corrected chi connectivity index (χ3v) is 3.80. The Morgan fingerprint density at radius 1 is 1.24 bits per heavy atom. The minimum absolute atomic E-state index is 0.219. The lowest BCUT2D eigenvalue weighted by Gasteiger charge is -2.11. The van der Waals surface area contributed by atoms with Crippen LogP contribution in [0.3, 0.4) is 0 Å². The van der Waals surface area contributed by atoms with Crippen LogP contribution in [0.1, 0.15) is 24.8 Å². The van der Waals surface area contributed by atoms with Gasteiger partial charge in [0.25, 0.3) is 0 Å². The van der Waals surface area contributed by atoms with Crippen LogP contribution in [-0.4, -0.2) is 15.9 Å². The lowest BCUT2D eigenvalue weighted by atomic mass is 9.94. The topological polar surface area (TPSA) is 71.8 Å². The fourth-order valence-corrected chi connectivity index (χ4v) is 2.60. The predicted molar refractivity (Wildman–Crippen MR) is 83.8 cm³/mol. The van der Waals surface area contributed by atoms with E-state index in [1.165, 1.54) is 0 Å². The minimum atomic E-state index is -0.278. The Labute approximate surface area is 123 Å². The molecule has 1 aromatic carbocycles. The first-order chi connectivity index (χ1) is 10.2. The number of fused-ring (bicyclic) bond motifs is 1. The van der Waals surface area contributed by atoms with Gasteiger partial charge in [0.2, 0.25) is 5.91 Å². The van der Waals surface area contributed by atoms with Gasteiger partial charge in [0.05, 0.1) is 17.0 Å². The van der Waals surface area contributed by atoms with Crippen LogP contribution in [0.25, 0.3) is 22.2 Å². The molecule has 0 bridgehead atoms. The van der Waals surface area contributed by atoms with E-state index in [1.807, 2.05) is 49.6 Å². The molecule has 4 heteroatoms. The summed E-state index contributed by atoms with van der Waals surface area (Å²) < 4.78 is 0. The molecule has 3 rings (SSSR count). The minimum Gasteiger partial charge on any atom is -0.369 e. The number of pyridine rings is 1. The SMILES string of the molecule is CCC(C(N)=O)c1ccc(-c2cnc3cc[nH]c3c2)cc1. The van der Waals surface area contributed by atoms with E-state index < -0.39 is 0 Å². The fourth-order valence-electron chi connectivity index (χ4n) is 2.60. The largest absolute Gasteiger partial charge is 0.369 e. The summed E-state index contributed by atoms with van der Waals surface area (Å²) in [6.45, 7) is 1.96. The monoisotopic (exact) mass is 279 g/mol. The van der Waals surface area contributed by atoms with Gasteiger partial charge in [0.1, 0.15) is 0 Å². The number of nitrogens with two attached hydrogens (primary N) is 1. The van der Waals surface area contributed by atoms with Crippen LogP contribution in [0.2, 0.25) is 0 Å². The van der Waals surface area contributed by atoms with Crippen LogP contribution in [0, 0.1) is 0 Å². The summed E-state index contributed by atoms with van der Waals surface area (Å²) in [6.07, 6.45) is 4.45. The molecule has 3 N–H and O–H groups in total. The van der Waals surface area contributed by atoms with Crippen molar-refractivity contribution in [2.24, 2.45) is 5.73 Å². The normalized spacial score (nSPS) is 12.4. The molecule has 3 aromatic rings. The number of hydrogen-bond acceptors (Lipinski definition) is 2. The number of carbonyl (C=O) groups excluding carboxylic acids is 1. The lowest BCUT2D eigenvalue weighted by Crippen LogP contribution is -2.20. The van der Waals surface area contributed by atoms with Crippen molar-refractivity contribution in [2.75, 3.05) is 0 Å². The second-order valence-electron chi connectivity index (χ2n) is 5.12.